The first-order valence-electron chi connectivity index (χ1n) is 10.7. The first kappa shape index (κ1) is 21.9. The summed E-state index contributed by atoms with van der Waals surface area (Å²) in [4.78, 5) is 30.5. The van der Waals surface area contributed by atoms with Crippen LogP contribution in [0.25, 0.3) is 5.57 Å². The van der Waals surface area contributed by atoms with E-state index in [0.717, 1.165) is 5.56 Å². The predicted molar refractivity (Wildman–Crippen MR) is 120 cm³/mol. The summed E-state index contributed by atoms with van der Waals surface area (Å²) in [5.74, 6) is 0.463. The summed E-state index contributed by atoms with van der Waals surface area (Å²) in [5.41, 5.74) is 2.32. The van der Waals surface area contributed by atoms with Crippen LogP contribution in [0.15, 0.2) is 54.2 Å². The first-order valence-corrected chi connectivity index (χ1v) is 10.7. The Bertz CT molecular complexity index is 1040. The molecule has 7 heteroatoms. The monoisotopic (exact) mass is 436 g/mol. The molecule has 32 heavy (non-hydrogen) atoms. The molecule has 0 radical (unpaired) electrons. The quantitative estimate of drug-likeness (QED) is 0.649. The van der Waals surface area contributed by atoms with E-state index in [-0.39, 0.29) is 30.6 Å². The van der Waals surface area contributed by atoms with E-state index in [4.69, 9.17) is 14.2 Å². The van der Waals surface area contributed by atoms with Crippen molar-refractivity contribution >= 4 is 17.4 Å². The lowest BCUT2D eigenvalue weighted by molar-refractivity contribution is -0.139. The molecule has 2 aliphatic rings. The Morgan fingerprint density at radius 3 is 2.19 bits per heavy atom. The minimum atomic E-state index is -0.312. The van der Waals surface area contributed by atoms with E-state index in [0.29, 0.717) is 41.4 Å². The molecule has 7 nitrogen and oxygen atoms in total. The highest BCUT2D eigenvalue weighted by molar-refractivity contribution is 6.35. The number of nitrogens with zero attached hydrogens (tertiary/aromatic N) is 2. The molecule has 0 saturated carbocycles. The van der Waals surface area contributed by atoms with Gasteiger partial charge in [-0.1, -0.05) is 36.4 Å². The van der Waals surface area contributed by atoms with Gasteiger partial charge in [0.2, 0.25) is 0 Å². The Morgan fingerprint density at radius 2 is 1.56 bits per heavy atom. The fraction of sp³-hybridized carbons (Fsp3) is 0.360. The molecule has 0 bridgehead atoms. The van der Waals surface area contributed by atoms with Crippen molar-refractivity contribution in [3.8, 4) is 11.5 Å². The third-order valence-corrected chi connectivity index (χ3v) is 5.74. The lowest BCUT2D eigenvalue weighted by Crippen LogP contribution is -2.46. The largest absolute Gasteiger partial charge is 0.493 e. The summed E-state index contributed by atoms with van der Waals surface area (Å²) in [6, 6.07) is 14.8. The highest BCUT2D eigenvalue weighted by atomic mass is 16.5. The lowest BCUT2D eigenvalue weighted by atomic mass is 10.0. The van der Waals surface area contributed by atoms with E-state index >= 15 is 0 Å². The van der Waals surface area contributed by atoms with Gasteiger partial charge >= 0.3 is 0 Å². The van der Waals surface area contributed by atoms with Crippen LogP contribution in [0.2, 0.25) is 0 Å². The third kappa shape index (κ3) is 4.08. The van der Waals surface area contributed by atoms with Crippen molar-refractivity contribution in [3.05, 3.63) is 65.4 Å². The number of carbonyl (C=O) groups excluding carboxylic acids is 2. The number of imide groups is 1. The maximum atomic E-state index is 13.6. The molecule has 2 heterocycles. The molecule has 168 valence electrons. The Labute approximate surface area is 188 Å². The van der Waals surface area contributed by atoms with Crippen LogP contribution in [-0.4, -0.2) is 61.1 Å². The van der Waals surface area contributed by atoms with Crippen molar-refractivity contribution in [2.75, 3.05) is 27.3 Å². The average Bonchev–Trinajstić information content (AvgIpc) is 3.03. The molecule has 2 aromatic rings. The van der Waals surface area contributed by atoms with Crippen LogP contribution in [0, 0.1) is 0 Å². The second-order valence-electron chi connectivity index (χ2n) is 8.14. The van der Waals surface area contributed by atoms with Crippen LogP contribution in [0.1, 0.15) is 25.0 Å². The molecule has 0 spiro atoms. The molecule has 1 saturated heterocycles. The first-order chi connectivity index (χ1) is 15.4. The van der Waals surface area contributed by atoms with Gasteiger partial charge in [-0.15, -0.1) is 0 Å². The molecular weight excluding hydrogens is 408 g/mol. The summed E-state index contributed by atoms with van der Waals surface area (Å²) in [5, 5.41) is 0. The number of amides is 2. The standard InChI is InChI=1S/C25H28N2O5/c1-16-13-26(14-17(2)32-16)23-22(19-10-11-20(30-3)21(12-19)31-4)24(28)27(25(23)29)15-18-8-6-5-7-9-18/h5-12,16-17H,13-15H2,1-4H3. The molecule has 2 aromatic carbocycles. The van der Waals surface area contributed by atoms with Crippen molar-refractivity contribution < 1.29 is 23.8 Å². The fourth-order valence-corrected chi connectivity index (χ4v) is 4.38. The molecule has 2 atom stereocenters. The number of hydrogen-bond donors (Lipinski definition) is 0. The van der Waals surface area contributed by atoms with Crippen LogP contribution in [0.4, 0.5) is 0 Å². The molecular formula is C25H28N2O5. The van der Waals surface area contributed by atoms with Gasteiger partial charge in [0.25, 0.3) is 11.8 Å². The summed E-state index contributed by atoms with van der Waals surface area (Å²) >= 11 is 0. The fourth-order valence-electron chi connectivity index (χ4n) is 4.38. The third-order valence-electron chi connectivity index (χ3n) is 5.74. The van der Waals surface area contributed by atoms with Crippen LogP contribution in [0.5, 0.6) is 11.5 Å². The topological polar surface area (TPSA) is 68.3 Å². The molecule has 0 aromatic heterocycles. The Morgan fingerprint density at radius 1 is 0.906 bits per heavy atom. The lowest BCUT2D eigenvalue weighted by Gasteiger charge is -2.37. The molecule has 4 rings (SSSR count). The van der Waals surface area contributed by atoms with Gasteiger partial charge in [-0.05, 0) is 37.1 Å². The molecule has 1 fully saturated rings. The predicted octanol–water partition coefficient (Wildman–Crippen LogP) is 3.09. The highest BCUT2D eigenvalue weighted by Crippen LogP contribution is 2.37. The average molecular weight is 437 g/mol. The van der Waals surface area contributed by atoms with E-state index < -0.39 is 0 Å². The van der Waals surface area contributed by atoms with E-state index in [9.17, 15) is 9.59 Å². The second-order valence-corrected chi connectivity index (χ2v) is 8.14. The van der Waals surface area contributed by atoms with E-state index in [2.05, 4.69) is 0 Å². The second kappa shape index (κ2) is 9.04. The Kier molecular flexibility index (Phi) is 6.19. The maximum absolute atomic E-state index is 13.6. The maximum Gasteiger partial charge on any atom is 0.278 e. The smallest absolute Gasteiger partial charge is 0.278 e. The van der Waals surface area contributed by atoms with Crippen LogP contribution < -0.4 is 9.47 Å². The van der Waals surface area contributed by atoms with Crippen molar-refractivity contribution in [2.45, 2.75) is 32.6 Å². The zero-order valence-electron chi connectivity index (χ0n) is 18.8. The number of ether oxygens (including phenoxy) is 3. The molecule has 0 aliphatic carbocycles. The minimum absolute atomic E-state index is 0.0519. The van der Waals surface area contributed by atoms with Crippen LogP contribution in [0.3, 0.4) is 0 Å². The van der Waals surface area contributed by atoms with Crippen molar-refractivity contribution in [2.24, 2.45) is 0 Å². The molecule has 0 N–H and O–H groups in total. The van der Waals surface area contributed by atoms with E-state index in [1.807, 2.05) is 49.1 Å². The number of benzene rings is 2. The van der Waals surface area contributed by atoms with Gasteiger partial charge in [0.05, 0.1) is 38.5 Å². The van der Waals surface area contributed by atoms with Gasteiger partial charge in [0, 0.05) is 13.1 Å². The zero-order chi connectivity index (χ0) is 22.8. The summed E-state index contributed by atoms with van der Waals surface area (Å²) < 4.78 is 16.6. The molecule has 2 amide bonds. The van der Waals surface area contributed by atoms with Crippen molar-refractivity contribution in [1.29, 1.82) is 0 Å². The highest BCUT2D eigenvalue weighted by Gasteiger charge is 2.43. The normalized spacial score (nSPS) is 21.4. The van der Waals surface area contributed by atoms with Crippen molar-refractivity contribution in [3.63, 3.8) is 0 Å². The van der Waals surface area contributed by atoms with E-state index in [1.54, 1.807) is 32.4 Å². The molecule has 2 unspecified atom stereocenters. The number of morpholine rings is 1. The van der Waals surface area contributed by atoms with E-state index in [1.165, 1.54) is 4.90 Å². The van der Waals surface area contributed by atoms with Gasteiger partial charge in [0.15, 0.2) is 11.5 Å². The van der Waals surface area contributed by atoms with Gasteiger partial charge in [-0.25, -0.2) is 0 Å². The Hall–Kier alpha value is -3.32. The number of carbonyl (C=O) groups is 2. The molecule has 2 aliphatic heterocycles. The number of methoxy groups -OCH3 is 2. The van der Waals surface area contributed by atoms with Gasteiger partial charge in [-0.2, -0.15) is 0 Å². The zero-order valence-corrected chi connectivity index (χ0v) is 18.8. The SMILES string of the molecule is COc1ccc(C2=C(N3CC(C)OC(C)C3)C(=O)N(Cc3ccccc3)C2=O)cc1OC. The van der Waals surface area contributed by atoms with Gasteiger partial charge in [-0.3, -0.25) is 14.5 Å². The Balaban J connectivity index is 1.79. The summed E-state index contributed by atoms with van der Waals surface area (Å²) in [7, 11) is 3.11. The van der Waals surface area contributed by atoms with Gasteiger partial charge in [0.1, 0.15) is 5.70 Å². The summed E-state index contributed by atoms with van der Waals surface area (Å²) in [6.07, 6.45) is -0.104. The van der Waals surface area contributed by atoms with Crippen molar-refractivity contribution in [1.82, 2.24) is 9.80 Å². The number of hydrogen-bond acceptors (Lipinski definition) is 6. The number of rotatable bonds is 6. The van der Waals surface area contributed by atoms with Gasteiger partial charge < -0.3 is 19.1 Å². The van der Waals surface area contributed by atoms with Crippen LogP contribution in [-0.2, 0) is 20.9 Å². The minimum Gasteiger partial charge on any atom is -0.493 e. The van der Waals surface area contributed by atoms with Crippen LogP contribution >= 0.6 is 0 Å². The summed E-state index contributed by atoms with van der Waals surface area (Å²) in [6.45, 7) is 5.24.